The van der Waals surface area contributed by atoms with E-state index in [1.165, 1.54) is 11.8 Å². The van der Waals surface area contributed by atoms with E-state index in [1.807, 2.05) is 53.4 Å². The zero-order valence-corrected chi connectivity index (χ0v) is 19.9. The van der Waals surface area contributed by atoms with Crippen LogP contribution in [0.15, 0.2) is 53.7 Å². The number of hydrogen-bond acceptors (Lipinski definition) is 8. The van der Waals surface area contributed by atoms with Gasteiger partial charge in [0.15, 0.2) is 5.65 Å². The highest BCUT2D eigenvalue weighted by Crippen LogP contribution is 2.27. The standard InChI is InChI=1S/C24H24N6O4S/c1-34-17-8-6-16(7-9-17)28-10-12-29(13-11-28)20(31)15-35-24-25-23-22(26-27-24)18-4-2-3-5-19(18)30(23)14-21(32)33/h2-9H,10-15H2,1H3,(H,32,33). The number of carboxylic acid groups (broad SMARTS) is 1. The Labute approximate surface area is 205 Å². The number of fused-ring (bicyclic) bond motifs is 3. The fourth-order valence-electron chi connectivity index (χ4n) is 4.27. The van der Waals surface area contributed by atoms with Gasteiger partial charge >= 0.3 is 5.97 Å². The smallest absolute Gasteiger partial charge is 0.323 e. The molecule has 11 heteroatoms. The minimum absolute atomic E-state index is 0.0131. The van der Waals surface area contributed by atoms with E-state index >= 15 is 0 Å². The quantitative estimate of drug-likeness (QED) is 0.389. The van der Waals surface area contributed by atoms with Crippen LogP contribution in [-0.2, 0) is 16.1 Å². The third-order valence-electron chi connectivity index (χ3n) is 6.04. The molecule has 0 unspecified atom stereocenters. The number of methoxy groups -OCH3 is 1. The Morgan fingerprint density at radius 2 is 1.77 bits per heavy atom. The first-order valence-electron chi connectivity index (χ1n) is 11.2. The molecule has 0 saturated carbocycles. The summed E-state index contributed by atoms with van der Waals surface area (Å²) in [6.45, 7) is 2.54. The van der Waals surface area contributed by atoms with Crippen LogP contribution in [0.1, 0.15) is 0 Å². The van der Waals surface area contributed by atoms with Crippen LogP contribution in [0.2, 0.25) is 0 Å². The molecular formula is C24H24N6O4S. The Morgan fingerprint density at radius 1 is 1.03 bits per heavy atom. The first-order chi connectivity index (χ1) is 17.0. The molecule has 1 amide bonds. The number of amides is 1. The average molecular weight is 493 g/mol. The van der Waals surface area contributed by atoms with Crippen molar-refractivity contribution in [2.24, 2.45) is 0 Å². The molecule has 1 saturated heterocycles. The number of carbonyl (C=O) groups excluding carboxylic acids is 1. The van der Waals surface area contributed by atoms with Gasteiger partial charge in [-0.3, -0.25) is 9.59 Å². The Balaban J connectivity index is 1.24. The highest BCUT2D eigenvalue weighted by atomic mass is 32.2. The number of ether oxygens (including phenoxy) is 1. The van der Waals surface area contributed by atoms with Gasteiger partial charge in [0.1, 0.15) is 17.8 Å². The molecule has 1 aliphatic heterocycles. The lowest BCUT2D eigenvalue weighted by Gasteiger charge is -2.36. The first-order valence-corrected chi connectivity index (χ1v) is 12.1. The summed E-state index contributed by atoms with van der Waals surface area (Å²) >= 11 is 1.21. The van der Waals surface area contributed by atoms with Gasteiger partial charge in [0, 0.05) is 37.3 Å². The average Bonchev–Trinajstić information content (AvgIpc) is 3.20. The number of piperazine rings is 1. The molecule has 0 atom stereocenters. The summed E-state index contributed by atoms with van der Waals surface area (Å²) in [6.07, 6.45) is 0. The second kappa shape index (κ2) is 9.79. The predicted octanol–water partition coefficient (Wildman–Crippen LogP) is 2.51. The zero-order valence-electron chi connectivity index (χ0n) is 19.1. The van der Waals surface area contributed by atoms with Gasteiger partial charge in [0.25, 0.3) is 0 Å². The van der Waals surface area contributed by atoms with E-state index in [2.05, 4.69) is 20.1 Å². The number of aromatic nitrogens is 4. The molecule has 0 spiro atoms. The van der Waals surface area contributed by atoms with E-state index in [4.69, 9.17) is 4.74 Å². The lowest BCUT2D eigenvalue weighted by atomic mass is 10.2. The van der Waals surface area contributed by atoms with Crippen molar-refractivity contribution in [2.75, 3.05) is 43.9 Å². The highest BCUT2D eigenvalue weighted by Gasteiger charge is 2.22. The number of anilines is 1. The molecule has 5 rings (SSSR count). The molecule has 2 aromatic heterocycles. The van der Waals surface area contributed by atoms with Crippen LogP contribution in [0.4, 0.5) is 5.69 Å². The maximum absolute atomic E-state index is 12.8. The number of hydrogen-bond donors (Lipinski definition) is 1. The third kappa shape index (κ3) is 4.72. The van der Waals surface area contributed by atoms with Gasteiger partial charge in [0.05, 0.1) is 18.4 Å². The summed E-state index contributed by atoms with van der Waals surface area (Å²) in [5.41, 5.74) is 2.84. The minimum Gasteiger partial charge on any atom is -0.497 e. The lowest BCUT2D eigenvalue weighted by molar-refractivity contribution is -0.137. The molecule has 1 aliphatic rings. The number of para-hydroxylation sites is 1. The lowest BCUT2D eigenvalue weighted by Crippen LogP contribution is -2.49. The van der Waals surface area contributed by atoms with E-state index in [0.29, 0.717) is 29.4 Å². The van der Waals surface area contributed by atoms with Gasteiger partial charge in [-0.25, -0.2) is 4.98 Å². The van der Waals surface area contributed by atoms with Crippen molar-refractivity contribution in [1.82, 2.24) is 24.6 Å². The van der Waals surface area contributed by atoms with E-state index in [1.54, 1.807) is 11.7 Å². The summed E-state index contributed by atoms with van der Waals surface area (Å²) in [6, 6.07) is 15.3. The Hall–Kier alpha value is -3.86. The predicted molar refractivity (Wildman–Crippen MR) is 133 cm³/mol. The summed E-state index contributed by atoms with van der Waals surface area (Å²) in [5, 5.41) is 19.0. The van der Waals surface area contributed by atoms with Crippen LogP contribution < -0.4 is 9.64 Å². The second-order valence-electron chi connectivity index (χ2n) is 8.12. The monoisotopic (exact) mass is 492 g/mol. The Morgan fingerprint density at radius 3 is 2.49 bits per heavy atom. The van der Waals surface area contributed by atoms with Crippen LogP contribution in [0, 0.1) is 0 Å². The number of thioether (sulfide) groups is 1. The normalized spacial score (nSPS) is 14.0. The largest absolute Gasteiger partial charge is 0.497 e. The van der Waals surface area contributed by atoms with Crippen molar-refractivity contribution in [1.29, 1.82) is 0 Å². The van der Waals surface area contributed by atoms with Crippen LogP contribution in [0.3, 0.4) is 0 Å². The summed E-state index contributed by atoms with van der Waals surface area (Å²) in [5.74, 6) is 0.0518. The second-order valence-corrected chi connectivity index (χ2v) is 9.06. The van der Waals surface area contributed by atoms with Crippen molar-refractivity contribution in [3.63, 3.8) is 0 Å². The van der Waals surface area contributed by atoms with Gasteiger partial charge in [-0.2, -0.15) is 0 Å². The molecule has 0 radical (unpaired) electrons. The molecule has 0 bridgehead atoms. The van der Waals surface area contributed by atoms with E-state index < -0.39 is 5.97 Å². The third-order valence-corrected chi connectivity index (χ3v) is 6.87. The summed E-state index contributed by atoms with van der Waals surface area (Å²) in [7, 11) is 1.65. The van der Waals surface area contributed by atoms with Crippen molar-refractivity contribution >= 4 is 51.4 Å². The molecule has 180 valence electrons. The maximum Gasteiger partial charge on any atom is 0.323 e. The topological polar surface area (TPSA) is 114 Å². The number of benzene rings is 2. The molecule has 35 heavy (non-hydrogen) atoms. The van der Waals surface area contributed by atoms with E-state index in [-0.39, 0.29) is 18.2 Å². The van der Waals surface area contributed by atoms with Crippen LogP contribution in [0.5, 0.6) is 5.75 Å². The Bertz CT molecular complexity index is 1380. The van der Waals surface area contributed by atoms with Crippen LogP contribution >= 0.6 is 11.8 Å². The van der Waals surface area contributed by atoms with Gasteiger partial charge in [-0.1, -0.05) is 30.0 Å². The molecule has 2 aromatic carbocycles. The number of rotatable bonds is 7. The van der Waals surface area contributed by atoms with Crippen LogP contribution in [-0.4, -0.2) is 80.7 Å². The minimum atomic E-state index is -0.968. The molecule has 10 nitrogen and oxygen atoms in total. The summed E-state index contributed by atoms with van der Waals surface area (Å²) < 4.78 is 6.83. The first kappa shape index (κ1) is 22.9. The van der Waals surface area contributed by atoms with Gasteiger partial charge < -0.3 is 24.2 Å². The molecule has 0 aliphatic carbocycles. The van der Waals surface area contributed by atoms with Gasteiger partial charge in [0.2, 0.25) is 11.1 Å². The number of nitrogens with zero attached hydrogens (tertiary/aromatic N) is 6. The summed E-state index contributed by atoms with van der Waals surface area (Å²) in [4.78, 5) is 32.9. The van der Waals surface area contributed by atoms with Crippen LogP contribution in [0.25, 0.3) is 22.1 Å². The fourth-order valence-corrected chi connectivity index (χ4v) is 4.96. The molecular weight excluding hydrogens is 468 g/mol. The van der Waals surface area contributed by atoms with Crippen molar-refractivity contribution in [3.05, 3.63) is 48.5 Å². The number of carbonyl (C=O) groups is 2. The van der Waals surface area contributed by atoms with E-state index in [0.717, 1.165) is 35.4 Å². The molecule has 1 N–H and O–H groups in total. The number of carboxylic acids is 1. The zero-order chi connectivity index (χ0) is 24.4. The van der Waals surface area contributed by atoms with Crippen molar-refractivity contribution < 1.29 is 19.4 Å². The number of aliphatic carboxylic acids is 1. The van der Waals surface area contributed by atoms with Crippen molar-refractivity contribution in [2.45, 2.75) is 11.7 Å². The highest BCUT2D eigenvalue weighted by molar-refractivity contribution is 7.99. The molecule has 4 aromatic rings. The van der Waals surface area contributed by atoms with E-state index in [9.17, 15) is 14.7 Å². The van der Waals surface area contributed by atoms with Gasteiger partial charge in [-0.05, 0) is 30.3 Å². The fraction of sp³-hybridized carbons (Fsp3) is 0.292. The maximum atomic E-state index is 12.8. The molecule has 3 heterocycles. The van der Waals surface area contributed by atoms with Crippen molar-refractivity contribution in [3.8, 4) is 5.75 Å². The SMILES string of the molecule is COc1ccc(N2CCN(C(=O)CSc3nnc4c5ccccc5n(CC(=O)O)c4n3)CC2)cc1. The van der Waals surface area contributed by atoms with Gasteiger partial charge in [-0.15, -0.1) is 10.2 Å². The molecule has 1 fully saturated rings. The Kier molecular flexibility index (Phi) is 6.41.